The summed E-state index contributed by atoms with van der Waals surface area (Å²) in [6, 6.07) is 4.79. The largest absolute Gasteiger partial charge is 0.497 e. The lowest BCUT2D eigenvalue weighted by Gasteiger charge is -2.38. The Labute approximate surface area is 140 Å². The molecule has 0 unspecified atom stereocenters. The first-order valence-corrected chi connectivity index (χ1v) is 8.02. The molecule has 0 spiro atoms. The Bertz CT molecular complexity index is 914. The highest BCUT2D eigenvalue weighted by Gasteiger charge is 2.53. The number of carbonyl (C=O) groups is 2. The Balaban J connectivity index is 2.02. The molecule has 24 heavy (non-hydrogen) atoms. The van der Waals surface area contributed by atoms with Gasteiger partial charge in [-0.3, -0.25) is 9.59 Å². The highest BCUT2D eigenvalue weighted by molar-refractivity contribution is 6.28. The van der Waals surface area contributed by atoms with Crippen LogP contribution in [0.15, 0.2) is 52.1 Å². The molecule has 0 fully saturated rings. The van der Waals surface area contributed by atoms with Gasteiger partial charge in [-0.25, -0.2) is 0 Å². The molecule has 122 valence electrons. The van der Waals surface area contributed by atoms with Crippen molar-refractivity contribution in [3.05, 3.63) is 63.3 Å². The maximum atomic E-state index is 13.1. The van der Waals surface area contributed by atoms with Crippen molar-refractivity contribution in [2.24, 2.45) is 0 Å². The van der Waals surface area contributed by atoms with Gasteiger partial charge in [0.25, 0.3) is 0 Å². The van der Waals surface area contributed by atoms with E-state index in [-0.39, 0.29) is 16.9 Å². The number of methoxy groups -OCH3 is 1. The first kappa shape index (κ1) is 15.1. The Morgan fingerprint density at radius 2 is 1.88 bits per heavy atom. The van der Waals surface area contributed by atoms with Crippen LogP contribution >= 0.6 is 0 Å². The number of aliphatic hydroxyl groups is 1. The molecule has 0 aromatic heterocycles. The number of hydrogen-bond acceptors (Lipinski definition) is 4. The zero-order chi connectivity index (χ0) is 17.2. The van der Waals surface area contributed by atoms with E-state index in [1.54, 1.807) is 25.1 Å². The summed E-state index contributed by atoms with van der Waals surface area (Å²) in [6.07, 6.45) is 3.41. The fraction of sp³-hybridized carbons (Fsp3) is 0.300. The Morgan fingerprint density at radius 1 is 1.12 bits per heavy atom. The van der Waals surface area contributed by atoms with Crippen molar-refractivity contribution in [3.8, 4) is 5.75 Å². The van der Waals surface area contributed by atoms with Crippen LogP contribution < -0.4 is 4.74 Å². The van der Waals surface area contributed by atoms with Crippen molar-refractivity contribution in [2.45, 2.75) is 32.3 Å². The molecule has 0 saturated heterocycles. The van der Waals surface area contributed by atoms with Crippen LogP contribution in [0.5, 0.6) is 5.75 Å². The van der Waals surface area contributed by atoms with Gasteiger partial charge in [0.05, 0.1) is 7.11 Å². The van der Waals surface area contributed by atoms with E-state index < -0.39 is 11.4 Å². The SMILES string of the molecule is COc1ccc2c(c1)C(=O)[C@]1(O)C(=CC3=C(C)CCC3=C1C)C2=O. The Morgan fingerprint density at radius 3 is 2.58 bits per heavy atom. The van der Waals surface area contributed by atoms with Gasteiger partial charge in [-0.1, -0.05) is 5.57 Å². The van der Waals surface area contributed by atoms with Crippen molar-refractivity contribution < 1.29 is 19.4 Å². The molecule has 0 aliphatic heterocycles. The summed E-state index contributed by atoms with van der Waals surface area (Å²) < 4.78 is 5.16. The van der Waals surface area contributed by atoms with E-state index in [2.05, 4.69) is 0 Å². The van der Waals surface area contributed by atoms with E-state index in [0.717, 1.165) is 24.0 Å². The molecule has 1 N–H and O–H groups in total. The summed E-state index contributed by atoms with van der Waals surface area (Å²) in [6.45, 7) is 3.79. The molecule has 3 aliphatic carbocycles. The predicted octanol–water partition coefficient (Wildman–Crippen LogP) is 3.17. The number of ether oxygens (including phenoxy) is 1. The molecule has 0 heterocycles. The van der Waals surface area contributed by atoms with Gasteiger partial charge in [-0.2, -0.15) is 0 Å². The number of hydrogen-bond donors (Lipinski definition) is 1. The van der Waals surface area contributed by atoms with Gasteiger partial charge in [0.2, 0.25) is 5.78 Å². The van der Waals surface area contributed by atoms with Crippen LogP contribution in [0.3, 0.4) is 0 Å². The third kappa shape index (κ3) is 1.66. The van der Waals surface area contributed by atoms with Gasteiger partial charge in [0.15, 0.2) is 11.4 Å². The quantitative estimate of drug-likeness (QED) is 0.862. The molecule has 1 aromatic rings. The van der Waals surface area contributed by atoms with Gasteiger partial charge in [0.1, 0.15) is 5.75 Å². The van der Waals surface area contributed by atoms with E-state index in [1.807, 2.05) is 6.92 Å². The normalized spacial score (nSPS) is 25.4. The number of allylic oxidation sites excluding steroid dienone is 4. The van der Waals surface area contributed by atoms with Gasteiger partial charge in [0, 0.05) is 16.7 Å². The molecular formula is C20H18O4. The summed E-state index contributed by atoms with van der Waals surface area (Å²) in [5.74, 6) is -0.249. The maximum Gasteiger partial charge on any atom is 0.204 e. The number of benzene rings is 1. The zero-order valence-corrected chi connectivity index (χ0v) is 13.9. The molecule has 1 aromatic carbocycles. The zero-order valence-electron chi connectivity index (χ0n) is 13.9. The van der Waals surface area contributed by atoms with Crippen molar-refractivity contribution in [1.82, 2.24) is 0 Å². The first-order valence-electron chi connectivity index (χ1n) is 8.02. The van der Waals surface area contributed by atoms with Gasteiger partial charge < -0.3 is 9.84 Å². The third-order valence-electron chi connectivity index (χ3n) is 5.50. The standard InChI is InChI=1S/C20H18O4/c1-10-4-6-13-11(2)20(23)17(9-15(10)13)18(21)14-7-5-12(24-3)8-16(14)19(20)22/h5,7-9,23H,4,6H2,1-3H3/t20-/m1/s1. The number of carbonyl (C=O) groups excluding carboxylic acids is 2. The van der Waals surface area contributed by atoms with Crippen LogP contribution in [-0.4, -0.2) is 29.4 Å². The van der Waals surface area contributed by atoms with Crippen molar-refractivity contribution in [2.75, 3.05) is 7.11 Å². The second-order valence-corrected chi connectivity index (χ2v) is 6.64. The fourth-order valence-corrected chi connectivity index (χ4v) is 4.01. The average molecular weight is 322 g/mol. The maximum absolute atomic E-state index is 13.1. The third-order valence-corrected chi connectivity index (χ3v) is 5.50. The van der Waals surface area contributed by atoms with Gasteiger partial charge >= 0.3 is 0 Å². The molecule has 3 aliphatic rings. The minimum Gasteiger partial charge on any atom is -0.497 e. The fourth-order valence-electron chi connectivity index (χ4n) is 4.01. The number of rotatable bonds is 1. The number of ketones is 2. The second kappa shape index (κ2) is 4.77. The smallest absolute Gasteiger partial charge is 0.204 e. The lowest BCUT2D eigenvalue weighted by atomic mass is 9.66. The van der Waals surface area contributed by atoms with Crippen LogP contribution in [0.4, 0.5) is 0 Å². The molecule has 4 rings (SSSR count). The second-order valence-electron chi connectivity index (χ2n) is 6.64. The van der Waals surface area contributed by atoms with Crippen LogP contribution in [0.25, 0.3) is 0 Å². The molecule has 0 bridgehead atoms. The number of fused-ring (bicyclic) bond motifs is 3. The van der Waals surface area contributed by atoms with Gasteiger partial charge in [-0.15, -0.1) is 0 Å². The minimum absolute atomic E-state index is 0.169. The molecule has 4 heteroatoms. The monoisotopic (exact) mass is 322 g/mol. The molecule has 4 nitrogen and oxygen atoms in total. The Kier molecular flexibility index (Phi) is 3.00. The topological polar surface area (TPSA) is 63.6 Å². The number of Topliss-reactive ketones (excluding diaryl/α,β-unsaturated/α-hetero) is 2. The van der Waals surface area contributed by atoms with E-state index in [9.17, 15) is 14.7 Å². The van der Waals surface area contributed by atoms with Crippen molar-refractivity contribution in [3.63, 3.8) is 0 Å². The van der Waals surface area contributed by atoms with Crippen molar-refractivity contribution in [1.29, 1.82) is 0 Å². The summed E-state index contributed by atoms with van der Waals surface area (Å²) >= 11 is 0. The molecule has 0 radical (unpaired) electrons. The van der Waals surface area contributed by atoms with Gasteiger partial charge in [-0.05, 0) is 67.7 Å². The molecule has 0 amide bonds. The first-order chi connectivity index (χ1) is 11.4. The van der Waals surface area contributed by atoms with E-state index in [1.165, 1.54) is 18.7 Å². The molecular weight excluding hydrogens is 304 g/mol. The Hall–Kier alpha value is -2.46. The summed E-state index contributed by atoms with van der Waals surface area (Å²) in [4.78, 5) is 26.1. The lowest BCUT2D eigenvalue weighted by molar-refractivity contribution is 0.0552. The molecule has 1 atom stereocenters. The van der Waals surface area contributed by atoms with E-state index in [0.29, 0.717) is 16.9 Å². The predicted molar refractivity (Wildman–Crippen MR) is 89.3 cm³/mol. The molecule has 0 saturated carbocycles. The summed E-state index contributed by atoms with van der Waals surface area (Å²) in [5, 5.41) is 11.3. The van der Waals surface area contributed by atoms with Crippen LogP contribution in [-0.2, 0) is 0 Å². The highest BCUT2D eigenvalue weighted by Crippen LogP contribution is 2.48. The summed E-state index contributed by atoms with van der Waals surface area (Å²) in [7, 11) is 1.50. The van der Waals surface area contributed by atoms with E-state index >= 15 is 0 Å². The van der Waals surface area contributed by atoms with Crippen LogP contribution in [0, 0.1) is 0 Å². The van der Waals surface area contributed by atoms with Crippen molar-refractivity contribution >= 4 is 11.6 Å². The van der Waals surface area contributed by atoms with Crippen LogP contribution in [0.2, 0.25) is 0 Å². The highest BCUT2D eigenvalue weighted by atomic mass is 16.5. The average Bonchev–Trinajstić information content (AvgIpc) is 2.96. The van der Waals surface area contributed by atoms with E-state index in [4.69, 9.17) is 4.74 Å². The summed E-state index contributed by atoms with van der Waals surface area (Å²) in [5.41, 5.74) is 2.63. The van der Waals surface area contributed by atoms with Crippen LogP contribution in [0.1, 0.15) is 47.4 Å². The lowest BCUT2D eigenvalue weighted by Crippen LogP contribution is -2.50. The minimum atomic E-state index is -1.86.